The maximum atomic E-state index is 13.6. The molecule has 1 saturated carbocycles. The van der Waals surface area contributed by atoms with E-state index in [9.17, 15) is 14.4 Å². The standard InChI is InChI=1S/C27H30N8O4S/c1-3-20(36)32-16-5-4-6-17(16)33-25(37)24-23-22-18(7-8-30-26(22)40-24)35(27(38)34-23)19-12-31-21(9-14(19)2)39-15-10-28-13-29-11-15/h3,9-13,16-18,22,26,30H,1,4-8H2,2H3,(H,32,36)(H,33,37)(H,34,38)/t16-,17+,18?,22?,26?/m0/s1. The highest BCUT2D eigenvalue weighted by Crippen LogP contribution is 2.48. The van der Waals surface area contributed by atoms with Gasteiger partial charge in [0, 0.05) is 29.8 Å². The summed E-state index contributed by atoms with van der Waals surface area (Å²) in [7, 11) is 0. The first-order valence-electron chi connectivity index (χ1n) is 13.3. The molecule has 3 fully saturated rings. The van der Waals surface area contributed by atoms with E-state index in [0.717, 1.165) is 31.2 Å². The van der Waals surface area contributed by atoms with E-state index in [1.54, 1.807) is 29.6 Å². The van der Waals surface area contributed by atoms with Gasteiger partial charge in [0.2, 0.25) is 11.8 Å². The molecular weight excluding hydrogens is 532 g/mol. The summed E-state index contributed by atoms with van der Waals surface area (Å²) in [5, 5.41) is 12.5. The molecule has 40 heavy (non-hydrogen) atoms. The average Bonchev–Trinajstić information content (AvgIpc) is 3.55. The van der Waals surface area contributed by atoms with Crippen LogP contribution in [-0.2, 0) is 9.59 Å². The minimum Gasteiger partial charge on any atom is -0.436 e. The molecule has 3 aliphatic heterocycles. The van der Waals surface area contributed by atoms with Crippen molar-refractivity contribution in [1.82, 2.24) is 36.2 Å². The quantitative estimate of drug-likeness (QED) is 0.372. The fourth-order valence-electron chi connectivity index (χ4n) is 5.97. The number of nitrogens with zero attached hydrogens (tertiary/aromatic N) is 4. The molecule has 12 nitrogen and oxygen atoms in total. The van der Waals surface area contributed by atoms with Gasteiger partial charge in [-0.05, 0) is 50.8 Å². The fourth-order valence-corrected chi connectivity index (χ4v) is 7.37. The zero-order chi connectivity index (χ0) is 27.8. The number of carbonyl (C=O) groups excluding carboxylic acids is 3. The lowest BCUT2D eigenvalue weighted by atomic mass is 9.86. The van der Waals surface area contributed by atoms with Crippen molar-refractivity contribution in [2.24, 2.45) is 5.92 Å². The molecule has 0 spiro atoms. The highest BCUT2D eigenvalue weighted by molar-refractivity contribution is 8.04. The Morgan fingerprint density at radius 3 is 2.70 bits per heavy atom. The molecule has 4 amide bonds. The third-order valence-electron chi connectivity index (χ3n) is 7.77. The molecular formula is C27H30N8O4S. The van der Waals surface area contributed by atoms with Crippen molar-refractivity contribution in [1.29, 1.82) is 0 Å². The zero-order valence-corrected chi connectivity index (χ0v) is 22.7. The highest BCUT2D eigenvalue weighted by atomic mass is 32.2. The largest absolute Gasteiger partial charge is 0.436 e. The molecule has 0 radical (unpaired) electrons. The lowest BCUT2D eigenvalue weighted by molar-refractivity contribution is -0.119. The number of thioether (sulfide) groups is 1. The molecule has 6 rings (SSSR count). The van der Waals surface area contributed by atoms with Gasteiger partial charge in [-0.15, -0.1) is 0 Å². The normalized spacial score (nSPS) is 27.1. The van der Waals surface area contributed by atoms with Gasteiger partial charge in [-0.3, -0.25) is 14.5 Å². The number of carbonyl (C=O) groups is 3. The zero-order valence-electron chi connectivity index (χ0n) is 21.9. The lowest BCUT2D eigenvalue weighted by Gasteiger charge is -2.46. The van der Waals surface area contributed by atoms with E-state index in [1.807, 2.05) is 6.92 Å². The molecule has 208 valence electrons. The average molecular weight is 563 g/mol. The van der Waals surface area contributed by atoms with E-state index < -0.39 is 0 Å². The first-order chi connectivity index (χ1) is 19.4. The molecule has 0 bridgehead atoms. The van der Waals surface area contributed by atoms with Crippen LogP contribution >= 0.6 is 11.8 Å². The van der Waals surface area contributed by atoms with Crippen LogP contribution in [0, 0.1) is 12.8 Å². The first-order valence-corrected chi connectivity index (χ1v) is 14.2. The van der Waals surface area contributed by atoms with Gasteiger partial charge >= 0.3 is 6.03 Å². The molecule has 5 atom stereocenters. The molecule has 2 aromatic rings. The number of hydrogen-bond donors (Lipinski definition) is 4. The molecule has 13 heteroatoms. The van der Waals surface area contributed by atoms with E-state index in [0.29, 0.717) is 34.5 Å². The molecule has 0 aromatic carbocycles. The predicted molar refractivity (Wildman–Crippen MR) is 148 cm³/mol. The molecule has 2 aromatic heterocycles. The van der Waals surface area contributed by atoms with Gasteiger partial charge in [-0.25, -0.2) is 19.7 Å². The van der Waals surface area contributed by atoms with Crippen molar-refractivity contribution in [2.75, 3.05) is 11.4 Å². The van der Waals surface area contributed by atoms with Crippen LogP contribution in [0.25, 0.3) is 0 Å². The van der Waals surface area contributed by atoms with Gasteiger partial charge in [0.1, 0.15) is 6.33 Å². The summed E-state index contributed by atoms with van der Waals surface area (Å²) >= 11 is 1.45. The van der Waals surface area contributed by atoms with E-state index >= 15 is 0 Å². The summed E-state index contributed by atoms with van der Waals surface area (Å²) < 4.78 is 5.76. The molecule has 3 unspecified atom stereocenters. The van der Waals surface area contributed by atoms with Crippen molar-refractivity contribution < 1.29 is 19.1 Å². The second-order valence-corrected chi connectivity index (χ2v) is 11.4. The maximum absolute atomic E-state index is 13.6. The SMILES string of the molecule is C=CC(=O)N[C@H]1CCC[C@H]1NC(=O)C1=C2NC(=O)N(c3cnc(Oc4cncnc4)cc3C)C3CCNC(S1)C23. The Kier molecular flexibility index (Phi) is 7.15. The number of hydrogen-bond acceptors (Lipinski definition) is 9. The van der Waals surface area contributed by atoms with Crippen molar-refractivity contribution in [3.05, 3.63) is 59.8 Å². The minimum atomic E-state index is -0.295. The third kappa shape index (κ3) is 4.90. The second-order valence-electron chi connectivity index (χ2n) is 10.2. The van der Waals surface area contributed by atoms with Crippen LogP contribution in [0.2, 0.25) is 0 Å². The van der Waals surface area contributed by atoms with Gasteiger partial charge < -0.3 is 26.0 Å². The van der Waals surface area contributed by atoms with Crippen LogP contribution in [0.5, 0.6) is 11.6 Å². The van der Waals surface area contributed by atoms with Crippen LogP contribution in [-0.4, -0.2) is 62.8 Å². The summed E-state index contributed by atoms with van der Waals surface area (Å²) in [5.74, 6) is 0.280. The first kappa shape index (κ1) is 26.3. The summed E-state index contributed by atoms with van der Waals surface area (Å²) in [4.78, 5) is 53.5. The lowest BCUT2D eigenvalue weighted by Crippen LogP contribution is -2.62. The van der Waals surface area contributed by atoms with Crippen LogP contribution in [0.3, 0.4) is 0 Å². The third-order valence-corrected chi connectivity index (χ3v) is 9.12. The molecule has 4 N–H and O–H groups in total. The van der Waals surface area contributed by atoms with E-state index in [2.05, 4.69) is 42.8 Å². The van der Waals surface area contributed by atoms with Crippen molar-refractivity contribution in [3.8, 4) is 11.6 Å². The Morgan fingerprint density at radius 1 is 1.18 bits per heavy atom. The number of urea groups is 1. The van der Waals surface area contributed by atoms with Gasteiger partial charge in [0.05, 0.1) is 40.6 Å². The van der Waals surface area contributed by atoms with E-state index in [4.69, 9.17) is 4.74 Å². The summed E-state index contributed by atoms with van der Waals surface area (Å²) in [6.45, 7) is 6.14. The van der Waals surface area contributed by atoms with Gasteiger partial charge in [-0.1, -0.05) is 18.3 Å². The number of ether oxygens (including phenoxy) is 1. The Balaban J connectivity index is 1.22. The number of anilines is 1. The number of aryl methyl sites for hydroxylation is 1. The van der Waals surface area contributed by atoms with Crippen LogP contribution < -0.4 is 30.9 Å². The van der Waals surface area contributed by atoms with Crippen molar-refractivity contribution in [2.45, 2.75) is 56.1 Å². The number of nitrogens with one attached hydrogen (secondary N) is 4. The van der Waals surface area contributed by atoms with Crippen molar-refractivity contribution in [3.63, 3.8) is 0 Å². The monoisotopic (exact) mass is 562 g/mol. The topological polar surface area (TPSA) is 150 Å². The predicted octanol–water partition coefficient (Wildman–Crippen LogP) is 2.10. The van der Waals surface area contributed by atoms with E-state index in [1.165, 1.54) is 24.2 Å². The molecule has 5 heterocycles. The van der Waals surface area contributed by atoms with Crippen LogP contribution in [0.1, 0.15) is 31.2 Å². The number of piperidine rings is 1. The highest BCUT2D eigenvalue weighted by Gasteiger charge is 2.52. The van der Waals surface area contributed by atoms with Gasteiger partial charge in [0.15, 0.2) is 5.75 Å². The van der Waals surface area contributed by atoms with Crippen LogP contribution in [0.15, 0.2) is 54.2 Å². The fraction of sp³-hybridized carbons (Fsp3) is 0.407. The van der Waals surface area contributed by atoms with Crippen molar-refractivity contribution >= 4 is 35.3 Å². The Labute approximate surface area is 235 Å². The molecule has 2 saturated heterocycles. The number of rotatable bonds is 7. The molecule has 1 aliphatic carbocycles. The van der Waals surface area contributed by atoms with Gasteiger partial charge in [-0.2, -0.15) is 0 Å². The number of amides is 4. The van der Waals surface area contributed by atoms with Crippen LogP contribution in [0.4, 0.5) is 10.5 Å². The molecule has 4 aliphatic rings. The maximum Gasteiger partial charge on any atom is 0.326 e. The Morgan fingerprint density at radius 2 is 1.95 bits per heavy atom. The number of pyridine rings is 1. The number of aromatic nitrogens is 3. The summed E-state index contributed by atoms with van der Waals surface area (Å²) in [6.07, 6.45) is 10.6. The second kappa shape index (κ2) is 10.9. The minimum absolute atomic E-state index is 0.0496. The summed E-state index contributed by atoms with van der Waals surface area (Å²) in [5.41, 5.74) is 2.18. The summed E-state index contributed by atoms with van der Waals surface area (Å²) in [6, 6.07) is 1.02. The van der Waals surface area contributed by atoms with Gasteiger partial charge in [0.25, 0.3) is 5.91 Å². The van der Waals surface area contributed by atoms with E-state index in [-0.39, 0.29) is 47.3 Å². The smallest absolute Gasteiger partial charge is 0.326 e. The Hall–Kier alpha value is -3.97. The Bertz CT molecular complexity index is 1390.